The molecule has 2 rings (SSSR count). The Labute approximate surface area is 182 Å². The summed E-state index contributed by atoms with van der Waals surface area (Å²) in [6.45, 7) is 10.7. The Morgan fingerprint density at radius 3 is 2.26 bits per heavy atom. The Balaban J connectivity index is 2.24. The van der Waals surface area contributed by atoms with E-state index in [0.717, 1.165) is 5.56 Å². The van der Waals surface area contributed by atoms with Gasteiger partial charge in [0, 0.05) is 5.54 Å². The molecule has 1 aromatic rings. The van der Waals surface area contributed by atoms with Crippen molar-refractivity contribution in [2.75, 3.05) is 11.9 Å². The van der Waals surface area contributed by atoms with Crippen molar-refractivity contribution in [3.8, 4) is 5.75 Å². The number of anilines is 1. The fourth-order valence-corrected chi connectivity index (χ4v) is 2.93. The van der Waals surface area contributed by atoms with Crippen LogP contribution >= 0.6 is 0 Å². The van der Waals surface area contributed by atoms with Crippen molar-refractivity contribution in [1.82, 2.24) is 0 Å². The molecule has 1 fully saturated rings. The van der Waals surface area contributed by atoms with E-state index in [1.807, 2.05) is 20.8 Å². The molecule has 0 spiro atoms. The van der Waals surface area contributed by atoms with Gasteiger partial charge < -0.3 is 40.0 Å². The van der Waals surface area contributed by atoms with Gasteiger partial charge in [-0.3, -0.25) is 4.79 Å². The normalized spacial score (nSPS) is 27.0. The Hall–Kier alpha value is -1.91. The topological polar surface area (TPSA) is 138 Å². The Bertz CT molecular complexity index is 753. The maximum atomic E-state index is 12.1. The highest BCUT2D eigenvalue weighted by Crippen LogP contribution is 2.32. The van der Waals surface area contributed by atoms with E-state index in [1.54, 1.807) is 39.0 Å². The summed E-state index contributed by atoms with van der Waals surface area (Å²) in [6, 6.07) is 5.11. The summed E-state index contributed by atoms with van der Waals surface area (Å²) >= 11 is 0. The number of carbonyl (C=O) groups is 1. The minimum Gasteiger partial charge on any atom is -0.460 e. The second-order valence-electron chi connectivity index (χ2n) is 9.85. The number of aliphatic hydroxyl groups excluding tert-OH is 4. The summed E-state index contributed by atoms with van der Waals surface area (Å²) < 4.78 is 16.6. The molecule has 5 atom stereocenters. The SMILES string of the molecule is CC(C)(C)Nc1cc(COC(=O)C(C)(C)C)ccc1O[C@@H]1O[C@H](CO)[C@H](O)[C@H](O)[C@H]1O. The number of carbonyl (C=O) groups excluding carboxylic acids is 1. The molecule has 1 saturated heterocycles. The number of rotatable bonds is 6. The van der Waals surface area contributed by atoms with Gasteiger partial charge in [0.2, 0.25) is 6.29 Å². The van der Waals surface area contributed by atoms with Crippen molar-refractivity contribution in [2.24, 2.45) is 5.41 Å². The molecule has 0 aliphatic carbocycles. The quantitative estimate of drug-likeness (QED) is 0.412. The number of esters is 1. The van der Waals surface area contributed by atoms with Gasteiger partial charge in [-0.2, -0.15) is 0 Å². The molecule has 9 nitrogen and oxygen atoms in total. The van der Waals surface area contributed by atoms with Gasteiger partial charge in [-0.25, -0.2) is 0 Å². The lowest BCUT2D eigenvalue weighted by Gasteiger charge is -2.40. The predicted octanol–water partition coefficient (Wildman–Crippen LogP) is 1.16. The molecule has 1 heterocycles. The van der Waals surface area contributed by atoms with Crippen LogP contribution in [0.4, 0.5) is 5.69 Å². The third kappa shape index (κ3) is 6.78. The summed E-state index contributed by atoms with van der Waals surface area (Å²) in [6.07, 6.45) is -6.90. The van der Waals surface area contributed by atoms with E-state index in [1.165, 1.54) is 0 Å². The van der Waals surface area contributed by atoms with Crippen LogP contribution in [0.3, 0.4) is 0 Å². The van der Waals surface area contributed by atoms with Crippen molar-refractivity contribution in [2.45, 2.75) is 84.4 Å². The van der Waals surface area contributed by atoms with Crippen LogP contribution in [-0.2, 0) is 20.9 Å². The zero-order chi connectivity index (χ0) is 23.6. The Kier molecular flexibility index (Phi) is 7.94. The van der Waals surface area contributed by atoms with Crippen molar-refractivity contribution >= 4 is 11.7 Å². The van der Waals surface area contributed by atoms with E-state index in [9.17, 15) is 25.2 Å². The number of hydrogen-bond acceptors (Lipinski definition) is 9. The van der Waals surface area contributed by atoms with Crippen LogP contribution in [0.1, 0.15) is 47.1 Å². The van der Waals surface area contributed by atoms with Gasteiger partial charge in [-0.15, -0.1) is 0 Å². The molecule has 1 aromatic carbocycles. The van der Waals surface area contributed by atoms with Crippen molar-refractivity contribution < 1.29 is 39.4 Å². The van der Waals surface area contributed by atoms with Crippen molar-refractivity contribution in [3.05, 3.63) is 23.8 Å². The largest absolute Gasteiger partial charge is 0.460 e. The Morgan fingerprint density at radius 1 is 1.06 bits per heavy atom. The molecule has 5 N–H and O–H groups in total. The highest BCUT2D eigenvalue weighted by atomic mass is 16.7. The zero-order valence-corrected chi connectivity index (χ0v) is 19.0. The molecule has 1 aliphatic heterocycles. The van der Waals surface area contributed by atoms with Crippen molar-refractivity contribution in [1.29, 1.82) is 0 Å². The number of ether oxygens (including phenoxy) is 3. The van der Waals surface area contributed by atoms with E-state index in [4.69, 9.17) is 14.2 Å². The summed E-state index contributed by atoms with van der Waals surface area (Å²) in [5.74, 6) is 0.00429. The van der Waals surface area contributed by atoms with E-state index in [0.29, 0.717) is 11.4 Å². The smallest absolute Gasteiger partial charge is 0.311 e. The van der Waals surface area contributed by atoms with E-state index in [2.05, 4.69) is 5.32 Å². The zero-order valence-electron chi connectivity index (χ0n) is 19.0. The average molecular weight is 442 g/mol. The van der Waals surface area contributed by atoms with Crippen molar-refractivity contribution in [3.63, 3.8) is 0 Å². The summed E-state index contributed by atoms with van der Waals surface area (Å²) in [7, 11) is 0. The maximum absolute atomic E-state index is 12.1. The van der Waals surface area contributed by atoms with Crippen LogP contribution < -0.4 is 10.1 Å². The maximum Gasteiger partial charge on any atom is 0.311 e. The molecule has 0 unspecified atom stereocenters. The second-order valence-corrected chi connectivity index (χ2v) is 9.85. The first-order chi connectivity index (χ1) is 14.2. The Morgan fingerprint density at radius 2 is 1.71 bits per heavy atom. The number of aliphatic hydroxyl groups is 4. The number of nitrogens with one attached hydrogen (secondary N) is 1. The van der Waals surface area contributed by atoms with Gasteiger partial charge in [-0.05, 0) is 59.2 Å². The van der Waals surface area contributed by atoms with Crippen LogP contribution in [0.25, 0.3) is 0 Å². The van der Waals surface area contributed by atoms with E-state index in [-0.39, 0.29) is 18.1 Å². The number of benzene rings is 1. The van der Waals surface area contributed by atoms with Crippen LogP contribution in [0.5, 0.6) is 5.75 Å². The molecule has 0 radical (unpaired) electrons. The van der Waals surface area contributed by atoms with Gasteiger partial charge in [0.05, 0.1) is 17.7 Å². The fourth-order valence-electron chi connectivity index (χ4n) is 2.93. The lowest BCUT2D eigenvalue weighted by atomic mass is 9.97. The molecule has 9 heteroatoms. The van der Waals surface area contributed by atoms with Gasteiger partial charge in [0.15, 0.2) is 0 Å². The van der Waals surface area contributed by atoms with Gasteiger partial charge in [0.1, 0.15) is 36.8 Å². The summed E-state index contributed by atoms with van der Waals surface area (Å²) in [5.41, 5.74) is 0.339. The monoisotopic (exact) mass is 441 g/mol. The van der Waals surface area contributed by atoms with Gasteiger partial charge in [0.25, 0.3) is 0 Å². The minimum atomic E-state index is -1.54. The molecule has 0 saturated carbocycles. The van der Waals surface area contributed by atoms with E-state index >= 15 is 0 Å². The summed E-state index contributed by atoms with van der Waals surface area (Å²) in [5, 5.41) is 42.9. The molecule has 1 aliphatic rings. The highest BCUT2D eigenvalue weighted by Gasteiger charge is 2.45. The molecule has 31 heavy (non-hydrogen) atoms. The fraction of sp³-hybridized carbons (Fsp3) is 0.682. The molecule has 0 bridgehead atoms. The van der Waals surface area contributed by atoms with Crippen LogP contribution in [0.2, 0.25) is 0 Å². The first-order valence-corrected chi connectivity index (χ1v) is 10.3. The molecular weight excluding hydrogens is 406 g/mol. The predicted molar refractivity (Wildman–Crippen MR) is 113 cm³/mol. The highest BCUT2D eigenvalue weighted by molar-refractivity contribution is 5.75. The average Bonchev–Trinajstić information content (AvgIpc) is 2.66. The lowest BCUT2D eigenvalue weighted by molar-refractivity contribution is -0.277. The molecule has 0 aromatic heterocycles. The minimum absolute atomic E-state index is 0.0786. The first kappa shape index (κ1) is 25.4. The summed E-state index contributed by atoms with van der Waals surface area (Å²) in [4.78, 5) is 12.1. The lowest BCUT2D eigenvalue weighted by Crippen LogP contribution is -2.60. The molecule has 176 valence electrons. The third-order valence-electron chi connectivity index (χ3n) is 4.63. The van der Waals surface area contributed by atoms with Gasteiger partial charge >= 0.3 is 5.97 Å². The standard InChI is InChI=1S/C22H35NO8/c1-21(2,3)20(28)29-11-12-7-8-14(13(9-12)23-22(4,5)6)30-19-18(27)17(26)16(25)15(10-24)31-19/h7-9,15-19,23-27H,10-11H2,1-6H3/t15-,16+,17+,18-,19-/m1/s1. The third-order valence-corrected chi connectivity index (χ3v) is 4.63. The second kappa shape index (κ2) is 9.70. The van der Waals surface area contributed by atoms with Crippen LogP contribution in [0, 0.1) is 5.41 Å². The van der Waals surface area contributed by atoms with Crippen LogP contribution in [-0.4, -0.2) is 69.2 Å². The first-order valence-electron chi connectivity index (χ1n) is 10.3. The van der Waals surface area contributed by atoms with Crippen LogP contribution in [0.15, 0.2) is 18.2 Å². The molecule has 0 amide bonds. The molecular formula is C22H35NO8. The van der Waals surface area contributed by atoms with Gasteiger partial charge in [-0.1, -0.05) is 6.07 Å². The number of hydrogen-bond donors (Lipinski definition) is 5. The van der Waals surface area contributed by atoms with E-state index < -0.39 is 42.7 Å².